The minimum absolute atomic E-state index is 0.205. The Kier molecular flexibility index (Phi) is 8.26. The van der Waals surface area contributed by atoms with Crippen LogP contribution in [0.3, 0.4) is 0 Å². The SMILES string of the molecule is CC1=C(C(=O)Nc2ccccc2)[C@@H](c2ccc(C)cc2)n2c(s/c(=C\c3ccc(OCc4cccc(C(=O)O)c4)cc3)c2=O)=N1. The first kappa shape index (κ1) is 29.5. The van der Waals surface area contributed by atoms with Crippen LogP contribution < -0.4 is 24.9 Å². The van der Waals surface area contributed by atoms with Gasteiger partial charge in [0.25, 0.3) is 11.5 Å². The number of carboxylic acids is 1. The average molecular weight is 616 g/mol. The number of nitrogens with zero attached hydrogens (tertiary/aromatic N) is 2. The third kappa shape index (κ3) is 6.39. The summed E-state index contributed by atoms with van der Waals surface area (Å²) in [6.07, 6.45) is 1.80. The molecule has 8 nitrogen and oxygen atoms in total. The average Bonchev–Trinajstić information content (AvgIpc) is 3.34. The third-order valence-corrected chi connectivity index (χ3v) is 8.43. The number of ether oxygens (including phenoxy) is 1. The number of aromatic carboxylic acids is 1. The van der Waals surface area contributed by atoms with Gasteiger partial charge < -0.3 is 15.2 Å². The molecule has 1 amide bonds. The zero-order valence-corrected chi connectivity index (χ0v) is 25.4. The number of allylic oxidation sites excluding steroid dienone is 1. The first-order valence-corrected chi connectivity index (χ1v) is 15.1. The van der Waals surface area contributed by atoms with Crippen molar-refractivity contribution >= 4 is 35.0 Å². The predicted octanol–water partition coefficient (Wildman–Crippen LogP) is 5.46. The van der Waals surface area contributed by atoms with Crippen molar-refractivity contribution in [3.8, 4) is 5.75 Å². The maximum Gasteiger partial charge on any atom is 0.335 e. The van der Waals surface area contributed by atoms with E-state index in [1.807, 2.05) is 79.7 Å². The second-order valence-corrected chi connectivity index (χ2v) is 11.7. The van der Waals surface area contributed by atoms with E-state index in [0.29, 0.717) is 32.0 Å². The molecule has 9 heteroatoms. The standard InChI is InChI=1S/C36H29N3O5S/c1-22-11-15-26(16-12-22)32-31(33(40)38-28-9-4-3-5-10-28)23(2)37-36-39(32)34(41)30(45-36)20-24-13-17-29(18-14-24)44-21-25-7-6-8-27(19-25)35(42)43/h3-20,32H,21H2,1-2H3,(H,38,40)(H,42,43)/b30-20-/t32-/m1/s1. The highest BCUT2D eigenvalue weighted by Gasteiger charge is 2.32. The first-order valence-electron chi connectivity index (χ1n) is 14.3. The minimum Gasteiger partial charge on any atom is -0.489 e. The number of thiazole rings is 1. The molecular weight excluding hydrogens is 586 g/mol. The summed E-state index contributed by atoms with van der Waals surface area (Å²) >= 11 is 1.28. The Balaban J connectivity index is 1.31. The lowest BCUT2D eigenvalue weighted by Gasteiger charge is -2.25. The number of carboxylic acid groups (broad SMARTS) is 1. The third-order valence-electron chi connectivity index (χ3n) is 7.45. The summed E-state index contributed by atoms with van der Waals surface area (Å²) in [4.78, 5) is 44.1. The van der Waals surface area contributed by atoms with Crippen LogP contribution in [0, 0.1) is 6.92 Å². The van der Waals surface area contributed by atoms with E-state index in [1.54, 1.807) is 41.8 Å². The Hall–Kier alpha value is -5.54. The van der Waals surface area contributed by atoms with Gasteiger partial charge in [-0.3, -0.25) is 14.2 Å². The molecule has 0 radical (unpaired) electrons. The van der Waals surface area contributed by atoms with Gasteiger partial charge in [-0.1, -0.05) is 83.6 Å². The Morgan fingerprint density at radius 1 is 0.956 bits per heavy atom. The number of nitrogens with one attached hydrogen (secondary N) is 1. The summed E-state index contributed by atoms with van der Waals surface area (Å²) in [5, 5.41) is 12.2. The van der Waals surface area contributed by atoms with Gasteiger partial charge in [0.15, 0.2) is 4.80 Å². The van der Waals surface area contributed by atoms with E-state index in [0.717, 1.165) is 22.3 Å². The van der Waals surface area contributed by atoms with Crippen molar-refractivity contribution < 1.29 is 19.4 Å². The van der Waals surface area contributed by atoms with Gasteiger partial charge in [0.1, 0.15) is 12.4 Å². The zero-order valence-electron chi connectivity index (χ0n) is 24.6. The van der Waals surface area contributed by atoms with Gasteiger partial charge in [-0.2, -0.15) is 0 Å². The number of aryl methyl sites for hydroxylation is 1. The topological polar surface area (TPSA) is 110 Å². The number of amides is 1. The molecule has 45 heavy (non-hydrogen) atoms. The number of anilines is 1. The van der Waals surface area contributed by atoms with Gasteiger partial charge in [0, 0.05) is 5.69 Å². The monoisotopic (exact) mass is 615 g/mol. The molecule has 224 valence electrons. The highest BCUT2D eigenvalue weighted by atomic mass is 32.1. The van der Waals surface area contributed by atoms with E-state index in [-0.39, 0.29) is 23.6 Å². The van der Waals surface area contributed by atoms with Crippen LogP contribution in [0.25, 0.3) is 6.08 Å². The molecule has 0 aliphatic carbocycles. The minimum atomic E-state index is -0.987. The predicted molar refractivity (Wildman–Crippen MR) is 174 cm³/mol. The Morgan fingerprint density at radius 2 is 1.69 bits per heavy atom. The lowest BCUT2D eigenvalue weighted by Crippen LogP contribution is -2.40. The highest BCUT2D eigenvalue weighted by Crippen LogP contribution is 2.31. The Morgan fingerprint density at radius 3 is 2.40 bits per heavy atom. The van der Waals surface area contributed by atoms with E-state index in [1.165, 1.54) is 17.4 Å². The molecule has 0 saturated heterocycles. The summed E-state index contributed by atoms with van der Waals surface area (Å²) in [7, 11) is 0. The lowest BCUT2D eigenvalue weighted by atomic mass is 9.94. The second-order valence-electron chi connectivity index (χ2n) is 10.7. The molecule has 1 aliphatic heterocycles. The highest BCUT2D eigenvalue weighted by molar-refractivity contribution is 7.07. The molecule has 0 unspecified atom stereocenters. The maximum atomic E-state index is 14.0. The number of hydrogen-bond donors (Lipinski definition) is 2. The van der Waals surface area contributed by atoms with E-state index >= 15 is 0 Å². The maximum absolute atomic E-state index is 14.0. The van der Waals surface area contributed by atoms with E-state index < -0.39 is 12.0 Å². The first-order chi connectivity index (χ1) is 21.8. The van der Waals surface area contributed by atoms with Crippen LogP contribution in [0.2, 0.25) is 0 Å². The van der Waals surface area contributed by atoms with Crippen LogP contribution in [0.15, 0.2) is 124 Å². The molecule has 2 N–H and O–H groups in total. The molecule has 1 atom stereocenters. The molecule has 1 aliphatic rings. The van der Waals surface area contributed by atoms with Gasteiger partial charge in [-0.05, 0) is 73.0 Å². The van der Waals surface area contributed by atoms with Crippen LogP contribution in [0.5, 0.6) is 5.75 Å². The smallest absolute Gasteiger partial charge is 0.335 e. The molecule has 1 aromatic heterocycles. The summed E-state index contributed by atoms with van der Waals surface area (Å²) in [5.74, 6) is -0.690. The Labute approximate surface area is 262 Å². The van der Waals surface area contributed by atoms with Crippen LogP contribution in [-0.2, 0) is 11.4 Å². The van der Waals surface area contributed by atoms with Gasteiger partial charge in [0.2, 0.25) is 0 Å². The van der Waals surface area contributed by atoms with Crippen LogP contribution in [0.4, 0.5) is 5.69 Å². The number of rotatable bonds is 8. The molecule has 4 aromatic carbocycles. The number of carbonyl (C=O) groups excluding carboxylic acids is 1. The largest absolute Gasteiger partial charge is 0.489 e. The van der Waals surface area contributed by atoms with Gasteiger partial charge in [-0.15, -0.1) is 0 Å². The van der Waals surface area contributed by atoms with Crippen molar-refractivity contribution in [2.45, 2.75) is 26.5 Å². The number of para-hydroxylation sites is 1. The fourth-order valence-corrected chi connectivity index (χ4v) is 6.21. The van der Waals surface area contributed by atoms with Crippen molar-refractivity contribution in [3.63, 3.8) is 0 Å². The molecule has 0 saturated carbocycles. The van der Waals surface area contributed by atoms with E-state index in [2.05, 4.69) is 5.32 Å². The summed E-state index contributed by atoms with van der Waals surface area (Å²) in [5.41, 5.74) is 5.02. The normalized spacial score (nSPS) is 14.4. The number of carbonyl (C=O) groups is 2. The summed E-state index contributed by atoms with van der Waals surface area (Å²) in [6, 6.07) is 30.3. The summed E-state index contributed by atoms with van der Waals surface area (Å²) in [6.45, 7) is 4.01. The van der Waals surface area contributed by atoms with E-state index in [9.17, 15) is 19.5 Å². The molecule has 5 aromatic rings. The van der Waals surface area contributed by atoms with Crippen molar-refractivity contribution in [2.75, 3.05) is 5.32 Å². The number of fused-ring (bicyclic) bond motifs is 1. The quantitative estimate of drug-likeness (QED) is 0.241. The fraction of sp³-hybridized carbons (Fsp3) is 0.111. The Bertz CT molecular complexity index is 2110. The molecule has 0 fully saturated rings. The molecule has 2 heterocycles. The molecule has 0 bridgehead atoms. The lowest BCUT2D eigenvalue weighted by molar-refractivity contribution is -0.113. The zero-order chi connectivity index (χ0) is 31.5. The van der Waals surface area contributed by atoms with Crippen molar-refractivity contribution in [1.82, 2.24) is 4.57 Å². The van der Waals surface area contributed by atoms with Crippen LogP contribution >= 0.6 is 11.3 Å². The molecule has 0 spiro atoms. The van der Waals surface area contributed by atoms with Crippen LogP contribution in [0.1, 0.15) is 45.6 Å². The van der Waals surface area contributed by atoms with Gasteiger partial charge in [0.05, 0.1) is 27.4 Å². The fourth-order valence-electron chi connectivity index (χ4n) is 5.17. The number of benzene rings is 4. The molecule has 6 rings (SSSR count). The van der Waals surface area contributed by atoms with Gasteiger partial charge in [-0.25, -0.2) is 9.79 Å². The summed E-state index contributed by atoms with van der Waals surface area (Å²) < 4.78 is 7.95. The van der Waals surface area contributed by atoms with Crippen molar-refractivity contribution in [1.29, 1.82) is 0 Å². The second kappa shape index (κ2) is 12.6. The molecular formula is C36H29N3O5S. The number of aromatic nitrogens is 1. The van der Waals surface area contributed by atoms with Gasteiger partial charge >= 0.3 is 5.97 Å². The van der Waals surface area contributed by atoms with E-state index in [4.69, 9.17) is 9.73 Å². The van der Waals surface area contributed by atoms with Crippen molar-refractivity contribution in [3.05, 3.63) is 162 Å². The van der Waals surface area contributed by atoms with Crippen molar-refractivity contribution in [2.24, 2.45) is 4.99 Å². The number of hydrogen-bond acceptors (Lipinski definition) is 6. The van der Waals surface area contributed by atoms with Crippen LogP contribution in [-0.4, -0.2) is 21.6 Å².